The van der Waals surface area contributed by atoms with E-state index in [4.69, 9.17) is 4.74 Å². The van der Waals surface area contributed by atoms with Crippen molar-refractivity contribution in [3.8, 4) is 5.75 Å². The van der Waals surface area contributed by atoms with Crippen molar-refractivity contribution in [2.45, 2.75) is 30.9 Å². The van der Waals surface area contributed by atoms with Crippen molar-refractivity contribution in [2.75, 3.05) is 24.7 Å². The van der Waals surface area contributed by atoms with Gasteiger partial charge in [-0.3, -0.25) is 9.59 Å². The fourth-order valence-electron chi connectivity index (χ4n) is 2.23. The van der Waals surface area contributed by atoms with Gasteiger partial charge in [-0.15, -0.1) is 23.5 Å². The highest BCUT2D eigenvalue weighted by molar-refractivity contribution is 8.16. The second-order valence-corrected chi connectivity index (χ2v) is 8.19. The summed E-state index contributed by atoms with van der Waals surface area (Å²) >= 11 is 3.95. The van der Waals surface area contributed by atoms with E-state index < -0.39 is 6.04 Å². The van der Waals surface area contributed by atoms with E-state index in [-0.39, 0.29) is 18.4 Å². The lowest BCUT2D eigenvalue weighted by Crippen LogP contribution is -2.46. The van der Waals surface area contributed by atoms with Gasteiger partial charge in [-0.25, -0.2) is 0 Å². The molecule has 1 aromatic carbocycles. The number of benzene rings is 1. The van der Waals surface area contributed by atoms with Crippen LogP contribution in [0.5, 0.6) is 5.75 Å². The third-order valence-corrected chi connectivity index (χ3v) is 6.49. The van der Waals surface area contributed by atoms with Crippen LogP contribution in [-0.2, 0) is 9.59 Å². The van der Waals surface area contributed by atoms with E-state index in [2.05, 4.69) is 22.8 Å². The number of hydrogen-bond donors (Lipinski definition) is 2. The molecule has 1 aliphatic rings. The van der Waals surface area contributed by atoms with Gasteiger partial charge < -0.3 is 15.4 Å². The van der Waals surface area contributed by atoms with Gasteiger partial charge in [0.1, 0.15) is 11.8 Å². The Labute approximate surface area is 151 Å². The second kappa shape index (κ2) is 9.84. The Kier molecular flexibility index (Phi) is 7.78. The lowest BCUT2D eigenvalue weighted by atomic mass is 10.2. The maximum absolute atomic E-state index is 11.8. The van der Waals surface area contributed by atoms with Crippen molar-refractivity contribution in [1.82, 2.24) is 10.6 Å². The minimum Gasteiger partial charge on any atom is -0.484 e. The number of nitrogens with one attached hydrogen (secondary N) is 2. The standard InChI is InChI=1S/C17H24N2O3S2/c1-3-18-16(21)12(2)19-15(20)11-22-14-7-5-13(6-8-14)17-23-9-4-10-24-17/h5-8,12,17H,3-4,9-11H2,1-2H3,(H,18,21)(H,19,20). The molecule has 1 aromatic rings. The molecule has 132 valence electrons. The molecule has 2 amide bonds. The van der Waals surface area contributed by atoms with Crippen molar-refractivity contribution in [1.29, 1.82) is 0 Å². The molecule has 1 unspecified atom stereocenters. The van der Waals surface area contributed by atoms with E-state index in [0.717, 1.165) is 0 Å². The van der Waals surface area contributed by atoms with Crippen molar-refractivity contribution in [2.24, 2.45) is 0 Å². The Balaban J connectivity index is 1.77. The van der Waals surface area contributed by atoms with Crippen LogP contribution < -0.4 is 15.4 Å². The Bertz CT molecular complexity index is 545. The van der Waals surface area contributed by atoms with E-state index >= 15 is 0 Å². The van der Waals surface area contributed by atoms with Gasteiger partial charge in [0.2, 0.25) is 5.91 Å². The third-order valence-electron chi connectivity index (χ3n) is 3.47. The zero-order valence-corrected chi connectivity index (χ0v) is 15.7. The molecule has 0 aliphatic carbocycles. The van der Waals surface area contributed by atoms with Crippen LogP contribution in [0.25, 0.3) is 0 Å². The highest BCUT2D eigenvalue weighted by Crippen LogP contribution is 2.43. The van der Waals surface area contributed by atoms with E-state index in [9.17, 15) is 9.59 Å². The van der Waals surface area contributed by atoms with E-state index in [1.807, 2.05) is 42.6 Å². The molecule has 1 atom stereocenters. The predicted octanol–water partition coefficient (Wildman–Crippen LogP) is 2.57. The summed E-state index contributed by atoms with van der Waals surface area (Å²) in [4.78, 5) is 23.4. The van der Waals surface area contributed by atoms with Crippen molar-refractivity contribution in [3.05, 3.63) is 29.8 Å². The Morgan fingerprint density at radius 2 is 1.92 bits per heavy atom. The number of likely N-dealkylation sites (N-methyl/N-ethyl adjacent to an activating group) is 1. The minimum absolute atomic E-state index is 0.101. The van der Waals surface area contributed by atoms with Crippen molar-refractivity contribution in [3.63, 3.8) is 0 Å². The lowest BCUT2D eigenvalue weighted by molar-refractivity contribution is -0.129. The molecule has 0 spiro atoms. The monoisotopic (exact) mass is 368 g/mol. The molecule has 1 aliphatic heterocycles. The van der Waals surface area contributed by atoms with Crippen LogP contribution in [0.1, 0.15) is 30.4 Å². The maximum Gasteiger partial charge on any atom is 0.258 e. The molecule has 0 radical (unpaired) electrons. The Morgan fingerprint density at radius 1 is 1.25 bits per heavy atom. The van der Waals surface area contributed by atoms with Crippen LogP contribution in [0.15, 0.2) is 24.3 Å². The number of rotatable bonds is 7. The molecule has 1 heterocycles. The first-order valence-corrected chi connectivity index (χ1v) is 10.2. The SMILES string of the molecule is CCNC(=O)C(C)NC(=O)COc1ccc(C2SCCCS2)cc1. The molecule has 0 saturated carbocycles. The molecule has 7 heteroatoms. The highest BCUT2D eigenvalue weighted by Gasteiger charge is 2.17. The zero-order valence-electron chi connectivity index (χ0n) is 14.0. The van der Waals surface area contributed by atoms with Gasteiger partial charge in [0, 0.05) is 6.54 Å². The first-order chi connectivity index (χ1) is 11.6. The average molecular weight is 369 g/mol. The topological polar surface area (TPSA) is 67.4 Å². The summed E-state index contributed by atoms with van der Waals surface area (Å²) in [5, 5.41) is 5.28. The third kappa shape index (κ3) is 5.94. The van der Waals surface area contributed by atoms with Crippen molar-refractivity contribution >= 4 is 35.3 Å². The van der Waals surface area contributed by atoms with Crippen LogP contribution in [-0.4, -0.2) is 42.5 Å². The summed E-state index contributed by atoms with van der Waals surface area (Å²) in [6.45, 7) is 3.93. The molecule has 1 saturated heterocycles. The molecule has 0 bridgehead atoms. The average Bonchev–Trinajstić information content (AvgIpc) is 2.61. The molecule has 2 rings (SSSR count). The molecule has 5 nitrogen and oxygen atoms in total. The Hall–Kier alpha value is -1.34. The summed E-state index contributed by atoms with van der Waals surface area (Å²) in [6, 6.07) is 7.34. The van der Waals surface area contributed by atoms with Gasteiger partial charge >= 0.3 is 0 Å². The fourth-order valence-corrected chi connectivity index (χ4v) is 5.12. The number of thioether (sulfide) groups is 2. The lowest BCUT2D eigenvalue weighted by Gasteiger charge is -2.21. The largest absolute Gasteiger partial charge is 0.484 e. The van der Waals surface area contributed by atoms with Gasteiger partial charge in [-0.1, -0.05) is 12.1 Å². The van der Waals surface area contributed by atoms with Crippen molar-refractivity contribution < 1.29 is 14.3 Å². The normalized spacial score (nSPS) is 16.2. The van der Waals surface area contributed by atoms with E-state index in [0.29, 0.717) is 16.9 Å². The fraction of sp³-hybridized carbons (Fsp3) is 0.529. The maximum atomic E-state index is 11.8. The van der Waals surface area contributed by atoms with Gasteiger partial charge in [-0.2, -0.15) is 0 Å². The van der Waals surface area contributed by atoms with E-state index in [1.54, 1.807) is 6.92 Å². The van der Waals surface area contributed by atoms with Gasteiger partial charge in [0.05, 0.1) is 4.58 Å². The number of carbonyl (C=O) groups excluding carboxylic acids is 2. The van der Waals surface area contributed by atoms with Crippen LogP contribution in [0.3, 0.4) is 0 Å². The number of carbonyl (C=O) groups is 2. The van der Waals surface area contributed by atoms with Gasteiger partial charge in [-0.05, 0) is 49.5 Å². The summed E-state index contributed by atoms with van der Waals surface area (Å²) in [6.07, 6.45) is 1.27. The van der Waals surface area contributed by atoms with Gasteiger partial charge in [0.15, 0.2) is 6.61 Å². The molecular weight excluding hydrogens is 344 g/mol. The van der Waals surface area contributed by atoms with Crippen LogP contribution in [0.2, 0.25) is 0 Å². The molecule has 1 fully saturated rings. The summed E-state index contributed by atoms with van der Waals surface area (Å²) in [5.74, 6) is 2.57. The molecule has 0 aromatic heterocycles. The smallest absolute Gasteiger partial charge is 0.258 e. The first kappa shape index (κ1) is 19.0. The van der Waals surface area contributed by atoms with Crippen LogP contribution in [0.4, 0.5) is 0 Å². The number of amides is 2. The second-order valence-electron chi connectivity index (χ2n) is 5.47. The van der Waals surface area contributed by atoms with Gasteiger partial charge in [0.25, 0.3) is 5.91 Å². The summed E-state index contributed by atoms with van der Waals surface area (Å²) in [5.41, 5.74) is 1.28. The van der Waals surface area contributed by atoms with E-state index in [1.165, 1.54) is 23.5 Å². The Morgan fingerprint density at radius 3 is 2.54 bits per heavy atom. The highest BCUT2D eigenvalue weighted by atomic mass is 32.2. The summed E-state index contributed by atoms with van der Waals surface area (Å²) < 4.78 is 5.99. The first-order valence-electron chi connectivity index (χ1n) is 8.13. The minimum atomic E-state index is -0.566. The zero-order chi connectivity index (χ0) is 17.4. The number of ether oxygens (including phenoxy) is 1. The van der Waals surface area contributed by atoms with Crippen LogP contribution >= 0.6 is 23.5 Å². The number of hydrogen-bond acceptors (Lipinski definition) is 5. The predicted molar refractivity (Wildman–Crippen MR) is 100 cm³/mol. The van der Waals surface area contributed by atoms with Crippen LogP contribution in [0, 0.1) is 0 Å². The molecule has 2 N–H and O–H groups in total. The quantitative estimate of drug-likeness (QED) is 0.774. The molecule has 24 heavy (non-hydrogen) atoms. The molecular formula is C17H24N2O3S2. The summed E-state index contributed by atoms with van der Waals surface area (Å²) in [7, 11) is 0.